The SMILES string of the molecule is Cc1nn(C)c(N(Cc2cccs2)C(C)C)c1CC(C)N. The molecule has 2 N–H and O–H groups in total. The second-order valence-corrected chi connectivity index (χ2v) is 7.03. The molecule has 2 aromatic rings. The lowest BCUT2D eigenvalue weighted by molar-refractivity contribution is 0.631. The summed E-state index contributed by atoms with van der Waals surface area (Å²) in [4.78, 5) is 3.79. The van der Waals surface area contributed by atoms with Crippen molar-refractivity contribution in [2.45, 2.75) is 52.7 Å². The van der Waals surface area contributed by atoms with Crippen LogP contribution in [0.15, 0.2) is 17.5 Å². The van der Waals surface area contributed by atoms with Crippen LogP contribution in [0.4, 0.5) is 5.82 Å². The van der Waals surface area contributed by atoms with Crippen LogP contribution < -0.4 is 10.6 Å². The lowest BCUT2D eigenvalue weighted by Crippen LogP contribution is -2.33. The number of nitrogens with two attached hydrogens (primary N) is 1. The number of rotatable bonds is 6. The highest BCUT2D eigenvalue weighted by Gasteiger charge is 2.22. The Morgan fingerprint density at radius 1 is 1.38 bits per heavy atom. The first-order valence-corrected chi connectivity index (χ1v) is 8.35. The number of anilines is 1. The number of aromatic nitrogens is 2. The Morgan fingerprint density at radius 3 is 2.62 bits per heavy atom. The van der Waals surface area contributed by atoms with E-state index in [9.17, 15) is 0 Å². The molecule has 0 aromatic carbocycles. The average Bonchev–Trinajstić information content (AvgIpc) is 2.96. The Bertz CT molecular complexity index is 569. The number of nitrogens with zero attached hydrogens (tertiary/aromatic N) is 3. The van der Waals surface area contributed by atoms with Gasteiger partial charge in [0.1, 0.15) is 5.82 Å². The van der Waals surface area contributed by atoms with Crippen LogP contribution in [-0.4, -0.2) is 21.9 Å². The fourth-order valence-corrected chi connectivity index (χ4v) is 3.39. The second kappa shape index (κ2) is 6.62. The van der Waals surface area contributed by atoms with E-state index in [0.717, 1.165) is 18.7 Å². The third-order valence-electron chi connectivity index (χ3n) is 3.64. The van der Waals surface area contributed by atoms with Gasteiger partial charge in [0, 0.05) is 29.6 Å². The smallest absolute Gasteiger partial charge is 0.130 e. The van der Waals surface area contributed by atoms with Gasteiger partial charge in [0.25, 0.3) is 0 Å². The maximum absolute atomic E-state index is 6.03. The van der Waals surface area contributed by atoms with E-state index in [0.29, 0.717) is 6.04 Å². The highest BCUT2D eigenvalue weighted by Crippen LogP contribution is 2.28. The van der Waals surface area contributed by atoms with Crippen LogP contribution in [0.1, 0.15) is 36.9 Å². The number of hydrogen-bond acceptors (Lipinski definition) is 4. The Balaban J connectivity index is 2.39. The zero-order valence-electron chi connectivity index (χ0n) is 13.6. The van der Waals surface area contributed by atoms with E-state index in [-0.39, 0.29) is 6.04 Å². The van der Waals surface area contributed by atoms with Gasteiger partial charge >= 0.3 is 0 Å². The van der Waals surface area contributed by atoms with Gasteiger partial charge in [-0.3, -0.25) is 4.68 Å². The van der Waals surface area contributed by atoms with Crippen LogP contribution in [0.3, 0.4) is 0 Å². The first-order valence-electron chi connectivity index (χ1n) is 7.47. The highest BCUT2D eigenvalue weighted by atomic mass is 32.1. The van der Waals surface area contributed by atoms with E-state index in [1.807, 2.05) is 11.7 Å². The maximum atomic E-state index is 6.03. The van der Waals surface area contributed by atoms with Crippen LogP contribution in [0, 0.1) is 6.92 Å². The summed E-state index contributed by atoms with van der Waals surface area (Å²) in [6, 6.07) is 4.85. The molecule has 1 unspecified atom stereocenters. The van der Waals surface area contributed by atoms with Gasteiger partial charge < -0.3 is 10.6 Å². The molecule has 0 aliphatic carbocycles. The normalized spacial score (nSPS) is 12.9. The molecule has 2 aromatic heterocycles. The lowest BCUT2D eigenvalue weighted by atomic mass is 10.1. The molecule has 0 fully saturated rings. The van der Waals surface area contributed by atoms with Gasteiger partial charge in [-0.1, -0.05) is 6.07 Å². The Kier molecular flexibility index (Phi) is 5.06. The Morgan fingerprint density at radius 2 is 2.10 bits per heavy atom. The molecular formula is C16H26N4S. The molecule has 0 amide bonds. The molecule has 0 saturated carbocycles. The summed E-state index contributed by atoms with van der Waals surface area (Å²) < 4.78 is 2.00. The van der Waals surface area contributed by atoms with Gasteiger partial charge in [0.05, 0.1) is 12.2 Å². The largest absolute Gasteiger partial charge is 0.349 e. The third-order valence-corrected chi connectivity index (χ3v) is 4.50. The molecule has 116 valence electrons. The molecule has 1 atom stereocenters. The predicted molar refractivity (Wildman–Crippen MR) is 90.9 cm³/mol. The van der Waals surface area contributed by atoms with Crippen molar-refractivity contribution in [1.29, 1.82) is 0 Å². The van der Waals surface area contributed by atoms with E-state index in [1.165, 1.54) is 16.3 Å². The van der Waals surface area contributed by atoms with Crippen LogP contribution in [0.5, 0.6) is 0 Å². The Hall–Kier alpha value is -1.33. The average molecular weight is 306 g/mol. The molecule has 2 heterocycles. The van der Waals surface area contributed by atoms with E-state index in [4.69, 9.17) is 5.73 Å². The van der Waals surface area contributed by atoms with Gasteiger partial charge in [0.15, 0.2) is 0 Å². The van der Waals surface area contributed by atoms with Crippen molar-refractivity contribution in [2.24, 2.45) is 12.8 Å². The summed E-state index contributed by atoms with van der Waals surface area (Å²) in [5.74, 6) is 1.20. The van der Waals surface area contributed by atoms with Crippen LogP contribution in [0.2, 0.25) is 0 Å². The van der Waals surface area contributed by atoms with Gasteiger partial charge in [-0.25, -0.2) is 0 Å². The zero-order valence-corrected chi connectivity index (χ0v) is 14.4. The van der Waals surface area contributed by atoms with Crippen molar-refractivity contribution < 1.29 is 0 Å². The fourth-order valence-electron chi connectivity index (χ4n) is 2.68. The molecular weight excluding hydrogens is 280 g/mol. The van der Waals surface area contributed by atoms with Gasteiger partial charge in [-0.2, -0.15) is 5.10 Å². The summed E-state index contributed by atoms with van der Waals surface area (Å²) in [6.45, 7) is 9.50. The summed E-state index contributed by atoms with van der Waals surface area (Å²) in [7, 11) is 2.02. The van der Waals surface area contributed by atoms with Crippen molar-refractivity contribution in [3.8, 4) is 0 Å². The van der Waals surface area contributed by atoms with Crippen LogP contribution in [0.25, 0.3) is 0 Å². The standard InChI is InChI=1S/C16H26N4S/c1-11(2)20(10-14-7-6-8-21-14)16-15(9-12(3)17)13(4)18-19(16)5/h6-8,11-12H,9-10,17H2,1-5H3. The van der Waals surface area contributed by atoms with Crippen molar-refractivity contribution >= 4 is 17.2 Å². The summed E-state index contributed by atoms with van der Waals surface area (Å²) >= 11 is 1.80. The van der Waals surface area contributed by atoms with Crippen LogP contribution >= 0.6 is 11.3 Å². The van der Waals surface area contributed by atoms with Gasteiger partial charge in [-0.05, 0) is 45.6 Å². The molecule has 0 radical (unpaired) electrons. The molecule has 4 nitrogen and oxygen atoms in total. The summed E-state index contributed by atoms with van der Waals surface area (Å²) in [5, 5.41) is 6.75. The van der Waals surface area contributed by atoms with Crippen molar-refractivity contribution in [3.05, 3.63) is 33.6 Å². The predicted octanol–water partition coefficient (Wildman–Crippen LogP) is 3.09. The minimum absolute atomic E-state index is 0.141. The quantitative estimate of drug-likeness (QED) is 0.892. The van der Waals surface area contributed by atoms with Crippen molar-refractivity contribution in [2.75, 3.05) is 4.90 Å². The molecule has 5 heteroatoms. The van der Waals surface area contributed by atoms with Crippen LogP contribution in [-0.2, 0) is 20.0 Å². The molecule has 0 saturated heterocycles. The zero-order chi connectivity index (χ0) is 15.6. The molecule has 21 heavy (non-hydrogen) atoms. The van der Waals surface area contributed by atoms with E-state index in [2.05, 4.69) is 55.2 Å². The lowest BCUT2D eigenvalue weighted by Gasteiger charge is -2.30. The molecule has 2 rings (SSSR count). The van der Waals surface area contributed by atoms with Gasteiger partial charge in [-0.15, -0.1) is 11.3 Å². The molecule has 0 spiro atoms. The topological polar surface area (TPSA) is 47.1 Å². The van der Waals surface area contributed by atoms with E-state index >= 15 is 0 Å². The number of aryl methyl sites for hydroxylation is 2. The first kappa shape index (κ1) is 16.0. The molecule has 0 aliphatic heterocycles. The maximum Gasteiger partial charge on any atom is 0.130 e. The fraction of sp³-hybridized carbons (Fsp3) is 0.562. The second-order valence-electron chi connectivity index (χ2n) is 5.99. The molecule has 0 aliphatic rings. The minimum Gasteiger partial charge on any atom is -0.349 e. The number of hydrogen-bond donors (Lipinski definition) is 1. The van der Waals surface area contributed by atoms with Crippen molar-refractivity contribution in [1.82, 2.24) is 9.78 Å². The minimum atomic E-state index is 0.141. The highest BCUT2D eigenvalue weighted by molar-refractivity contribution is 7.09. The van der Waals surface area contributed by atoms with E-state index < -0.39 is 0 Å². The monoisotopic (exact) mass is 306 g/mol. The van der Waals surface area contributed by atoms with Gasteiger partial charge in [0.2, 0.25) is 0 Å². The molecule has 0 bridgehead atoms. The number of thiophene rings is 1. The van der Waals surface area contributed by atoms with E-state index in [1.54, 1.807) is 11.3 Å². The first-order chi connectivity index (χ1) is 9.90. The summed E-state index contributed by atoms with van der Waals surface area (Å²) in [6.07, 6.45) is 0.864. The third kappa shape index (κ3) is 3.66. The Labute approximate surface area is 131 Å². The summed E-state index contributed by atoms with van der Waals surface area (Å²) in [5.41, 5.74) is 8.39. The van der Waals surface area contributed by atoms with Crippen molar-refractivity contribution in [3.63, 3.8) is 0 Å².